The fourth-order valence-corrected chi connectivity index (χ4v) is 5.39. The molecule has 150 valence electrons. The van der Waals surface area contributed by atoms with Crippen molar-refractivity contribution in [2.45, 2.75) is 63.1 Å². The Hall–Kier alpha value is -2.01. The number of amides is 1. The molecule has 0 N–H and O–H groups in total. The molecule has 0 bridgehead atoms. The summed E-state index contributed by atoms with van der Waals surface area (Å²) in [7, 11) is 1.91. The highest BCUT2D eigenvalue weighted by Gasteiger charge is 2.36. The van der Waals surface area contributed by atoms with Crippen molar-refractivity contribution in [2.24, 2.45) is 0 Å². The zero-order valence-electron chi connectivity index (χ0n) is 16.8. The maximum atomic E-state index is 12.3. The second-order valence-corrected chi connectivity index (χ2v) is 8.77. The first kappa shape index (κ1) is 18.0. The van der Waals surface area contributed by atoms with E-state index in [1.807, 2.05) is 11.9 Å². The van der Waals surface area contributed by atoms with Gasteiger partial charge in [0.25, 0.3) is 0 Å². The molecule has 5 rings (SSSR count). The Balaban J connectivity index is 1.26. The molecule has 1 atom stereocenters. The summed E-state index contributed by atoms with van der Waals surface area (Å²) < 4.78 is 8.93. The molecule has 3 heterocycles. The Labute approximate surface area is 167 Å². The molecule has 2 aromatic rings. The van der Waals surface area contributed by atoms with Gasteiger partial charge in [0.05, 0.1) is 11.6 Å². The summed E-state index contributed by atoms with van der Waals surface area (Å²) >= 11 is 0. The van der Waals surface area contributed by atoms with Crippen LogP contribution in [0.25, 0.3) is 10.9 Å². The molecule has 0 spiro atoms. The molecule has 3 aliphatic rings. The smallest absolute Gasteiger partial charge is 0.239 e. The highest BCUT2D eigenvalue weighted by Crippen LogP contribution is 2.36. The third-order valence-electron chi connectivity index (χ3n) is 7.05. The lowest BCUT2D eigenvalue weighted by Gasteiger charge is -2.35. The van der Waals surface area contributed by atoms with Crippen molar-refractivity contribution < 1.29 is 9.53 Å². The predicted octanol–water partition coefficient (Wildman–Crippen LogP) is 3.83. The Bertz CT molecular complexity index is 847. The van der Waals surface area contributed by atoms with Crippen molar-refractivity contribution in [1.82, 2.24) is 14.4 Å². The SMILES string of the molecule is CN1CCC(N2CCC(Oc3cccc4c3ccn4C3CCCC3)CC2)C1=O. The number of likely N-dealkylation sites (N-methyl/N-ethyl adjacent to an activating group) is 1. The van der Waals surface area contributed by atoms with Gasteiger partial charge in [0.2, 0.25) is 5.91 Å². The van der Waals surface area contributed by atoms with Gasteiger partial charge >= 0.3 is 0 Å². The normalized spacial score (nSPS) is 25.2. The molecule has 1 aromatic heterocycles. The standard InChI is InChI=1S/C23H31N3O2/c1-24-13-12-21(23(24)27)25-14-9-18(10-15-25)28-22-8-4-7-20-19(22)11-16-26(20)17-5-2-3-6-17/h4,7-8,11,16-18,21H,2-3,5-6,9-10,12-15H2,1H3. The Morgan fingerprint density at radius 3 is 2.46 bits per heavy atom. The number of piperidine rings is 1. The van der Waals surface area contributed by atoms with Crippen molar-refractivity contribution in [3.63, 3.8) is 0 Å². The van der Waals surface area contributed by atoms with Gasteiger partial charge < -0.3 is 14.2 Å². The molecule has 1 aromatic carbocycles. The van der Waals surface area contributed by atoms with E-state index in [-0.39, 0.29) is 18.1 Å². The molecule has 28 heavy (non-hydrogen) atoms. The average molecular weight is 382 g/mol. The lowest BCUT2D eigenvalue weighted by molar-refractivity contribution is -0.131. The third kappa shape index (κ3) is 3.20. The molecular formula is C23H31N3O2. The van der Waals surface area contributed by atoms with Gasteiger partial charge in [-0.2, -0.15) is 0 Å². The van der Waals surface area contributed by atoms with Crippen LogP contribution in [0.2, 0.25) is 0 Å². The number of carbonyl (C=O) groups is 1. The molecule has 3 fully saturated rings. The number of benzene rings is 1. The van der Waals surface area contributed by atoms with E-state index in [0.717, 1.165) is 44.6 Å². The van der Waals surface area contributed by atoms with Crippen molar-refractivity contribution in [2.75, 3.05) is 26.7 Å². The summed E-state index contributed by atoms with van der Waals surface area (Å²) in [6.45, 7) is 2.79. The molecular weight excluding hydrogens is 350 g/mol. The molecule has 2 aliphatic heterocycles. The minimum atomic E-state index is 0.0924. The van der Waals surface area contributed by atoms with E-state index in [1.165, 1.54) is 36.6 Å². The quantitative estimate of drug-likeness (QED) is 0.808. The predicted molar refractivity (Wildman–Crippen MR) is 111 cm³/mol. The Morgan fingerprint density at radius 2 is 1.75 bits per heavy atom. The zero-order valence-corrected chi connectivity index (χ0v) is 16.8. The van der Waals surface area contributed by atoms with Gasteiger partial charge in [0.1, 0.15) is 11.9 Å². The fraction of sp³-hybridized carbons (Fsp3) is 0.609. The number of likely N-dealkylation sites (tertiary alicyclic amines) is 2. The van der Waals surface area contributed by atoms with Gasteiger partial charge in [-0.25, -0.2) is 0 Å². The monoisotopic (exact) mass is 381 g/mol. The molecule has 2 saturated heterocycles. The van der Waals surface area contributed by atoms with Crippen LogP contribution < -0.4 is 4.74 Å². The van der Waals surface area contributed by atoms with Crippen molar-refractivity contribution in [1.29, 1.82) is 0 Å². The Kier molecular flexibility index (Phi) is 4.79. The van der Waals surface area contributed by atoms with Gasteiger partial charge in [0.15, 0.2) is 0 Å². The van der Waals surface area contributed by atoms with E-state index in [9.17, 15) is 4.79 Å². The molecule has 1 saturated carbocycles. The van der Waals surface area contributed by atoms with Crippen molar-refractivity contribution in [3.05, 3.63) is 30.5 Å². The number of aromatic nitrogens is 1. The summed E-state index contributed by atoms with van der Waals surface area (Å²) in [5.74, 6) is 1.31. The van der Waals surface area contributed by atoms with Crippen LogP contribution in [-0.2, 0) is 4.79 Å². The van der Waals surface area contributed by atoms with E-state index in [1.54, 1.807) is 0 Å². The van der Waals surface area contributed by atoms with Crippen LogP contribution in [0.15, 0.2) is 30.5 Å². The summed E-state index contributed by atoms with van der Waals surface area (Å²) in [6.07, 6.45) is 10.7. The van der Waals surface area contributed by atoms with Crippen LogP contribution in [0.4, 0.5) is 0 Å². The van der Waals surface area contributed by atoms with Crippen LogP contribution in [0.1, 0.15) is 51.0 Å². The number of fused-ring (bicyclic) bond motifs is 1. The van der Waals surface area contributed by atoms with E-state index in [4.69, 9.17) is 4.74 Å². The molecule has 1 aliphatic carbocycles. The summed E-state index contributed by atoms with van der Waals surface area (Å²) in [6, 6.07) is 9.44. The maximum absolute atomic E-state index is 12.3. The van der Waals surface area contributed by atoms with Gasteiger partial charge in [-0.15, -0.1) is 0 Å². The number of hydrogen-bond donors (Lipinski definition) is 0. The van der Waals surface area contributed by atoms with Crippen LogP contribution in [0.3, 0.4) is 0 Å². The minimum absolute atomic E-state index is 0.0924. The van der Waals surface area contributed by atoms with E-state index in [0.29, 0.717) is 6.04 Å². The summed E-state index contributed by atoms with van der Waals surface area (Å²) in [5, 5.41) is 1.24. The first-order valence-electron chi connectivity index (χ1n) is 11.0. The van der Waals surface area contributed by atoms with Crippen LogP contribution in [0.5, 0.6) is 5.75 Å². The summed E-state index contributed by atoms with van der Waals surface area (Å²) in [4.78, 5) is 16.5. The lowest BCUT2D eigenvalue weighted by Crippen LogP contribution is -2.47. The first-order valence-corrected chi connectivity index (χ1v) is 11.0. The average Bonchev–Trinajstić information content (AvgIpc) is 3.44. The molecule has 5 heteroatoms. The van der Waals surface area contributed by atoms with E-state index >= 15 is 0 Å². The van der Waals surface area contributed by atoms with Gasteiger partial charge in [-0.05, 0) is 50.3 Å². The lowest BCUT2D eigenvalue weighted by atomic mass is 10.0. The second-order valence-electron chi connectivity index (χ2n) is 8.77. The van der Waals surface area contributed by atoms with Crippen molar-refractivity contribution in [3.8, 4) is 5.75 Å². The van der Waals surface area contributed by atoms with Crippen LogP contribution >= 0.6 is 0 Å². The second kappa shape index (κ2) is 7.43. The zero-order chi connectivity index (χ0) is 19.1. The Morgan fingerprint density at radius 1 is 0.964 bits per heavy atom. The molecule has 0 radical (unpaired) electrons. The number of rotatable bonds is 4. The van der Waals surface area contributed by atoms with E-state index < -0.39 is 0 Å². The van der Waals surface area contributed by atoms with Gasteiger partial charge in [-0.3, -0.25) is 9.69 Å². The number of hydrogen-bond acceptors (Lipinski definition) is 3. The number of nitrogens with zero attached hydrogens (tertiary/aromatic N) is 3. The van der Waals surface area contributed by atoms with Crippen LogP contribution in [0, 0.1) is 0 Å². The van der Waals surface area contributed by atoms with Gasteiger partial charge in [-0.1, -0.05) is 18.9 Å². The third-order valence-corrected chi connectivity index (χ3v) is 7.05. The minimum Gasteiger partial charge on any atom is -0.490 e. The topological polar surface area (TPSA) is 37.7 Å². The van der Waals surface area contributed by atoms with Crippen LogP contribution in [-0.4, -0.2) is 59.1 Å². The molecule has 1 amide bonds. The number of carbonyl (C=O) groups excluding carboxylic acids is 1. The molecule has 1 unspecified atom stereocenters. The largest absolute Gasteiger partial charge is 0.490 e. The molecule has 5 nitrogen and oxygen atoms in total. The number of ether oxygens (including phenoxy) is 1. The maximum Gasteiger partial charge on any atom is 0.239 e. The highest BCUT2D eigenvalue weighted by atomic mass is 16.5. The highest BCUT2D eigenvalue weighted by molar-refractivity contribution is 5.86. The van der Waals surface area contributed by atoms with Crippen molar-refractivity contribution >= 4 is 16.8 Å². The first-order chi connectivity index (χ1) is 13.7. The fourth-order valence-electron chi connectivity index (χ4n) is 5.39. The van der Waals surface area contributed by atoms with Gasteiger partial charge in [0, 0.05) is 44.3 Å². The van der Waals surface area contributed by atoms with E-state index in [2.05, 4.69) is 39.9 Å². The summed E-state index contributed by atoms with van der Waals surface area (Å²) in [5.41, 5.74) is 1.31.